The highest BCUT2D eigenvalue weighted by Crippen LogP contribution is 2.50. The topological polar surface area (TPSA) is 21.3 Å². The maximum atomic E-state index is 6.36. The third-order valence-corrected chi connectivity index (χ3v) is 5.09. The van der Waals surface area contributed by atoms with Crippen LogP contribution in [0.1, 0.15) is 51.7 Å². The van der Waals surface area contributed by atoms with E-state index < -0.39 is 0 Å². The first-order valence-corrected chi connectivity index (χ1v) is 7.55. The lowest BCUT2D eigenvalue weighted by atomic mass is 9.58. The van der Waals surface area contributed by atoms with E-state index in [9.17, 15) is 0 Å². The van der Waals surface area contributed by atoms with Gasteiger partial charge in [-0.25, -0.2) is 0 Å². The van der Waals surface area contributed by atoms with Crippen molar-refractivity contribution >= 4 is 0 Å². The molecule has 2 nitrogen and oxygen atoms in total. The lowest BCUT2D eigenvalue weighted by Crippen LogP contribution is -2.62. The van der Waals surface area contributed by atoms with Crippen LogP contribution in [0.3, 0.4) is 0 Å². The van der Waals surface area contributed by atoms with Gasteiger partial charge in [0, 0.05) is 11.5 Å². The predicted molar refractivity (Wildman–Crippen MR) is 80.2 cm³/mol. The van der Waals surface area contributed by atoms with E-state index in [1.165, 1.54) is 18.4 Å². The van der Waals surface area contributed by atoms with Gasteiger partial charge >= 0.3 is 0 Å². The number of hydrogen-bond donors (Lipinski definition) is 1. The number of ether oxygens (including phenoxy) is 1. The zero-order valence-electron chi connectivity index (χ0n) is 12.6. The van der Waals surface area contributed by atoms with Crippen molar-refractivity contribution in [2.45, 2.75) is 58.3 Å². The summed E-state index contributed by atoms with van der Waals surface area (Å²) in [7, 11) is 2.07. The minimum atomic E-state index is 0.182. The minimum absolute atomic E-state index is 0.182. The molecule has 0 spiro atoms. The van der Waals surface area contributed by atoms with Crippen LogP contribution >= 0.6 is 0 Å². The van der Waals surface area contributed by atoms with Crippen LogP contribution in [0.25, 0.3) is 0 Å². The number of benzene rings is 1. The maximum absolute atomic E-state index is 6.36. The van der Waals surface area contributed by atoms with Gasteiger partial charge in [-0.3, -0.25) is 0 Å². The van der Waals surface area contributed by atoms with E-state index in [0.717, 1.165) is 6.42 Å². The summed E-state index contributed by atoms with van der Waals surface area (Å²) in [5.74, 6) is 0. The molecule has 1 aromatic carbocycles. The van der Waals surface area contributed by atoms with Crippen molar-refractivity contribution in [2.24, 2.45) is 5.41 Å². The smallest absolute Gasteiger partial charge is 0.0800 e. The number of rotatable bonds is 6. The van der Waals surface area contributed by atoms with Gasteiger partial charge in [0.1, 0.15) is 0 Å². The minimum Gasteiger partial charge on any atom is -0.370 e. The molecule has 19 heavy (non-hydrogen) atoms. The second kappa shape index (κ2) is 6.06. The fraction of sp³-hybridized carbons (Fsp3) is 0.647. The Hall–Kier alpha value is -0.860. The van der Waals surface area contributed by atoms with Crippen LogP contribution in [-0.4, -0.2) is 19.2 Å². The van der Waals surface area contributed by atoms with Gasteiger partial charge in [-0.15, -0.1) is 0 Å². The molecule has 1 N–H and O–H groups in total. The normalized spacial score (nSPS) is 26.7. The molecular formula is C17H27NO. The van der Waals surface area contributed by atoms with Crippen molar-refractivity contribution in [1.82, 2.24) is 5.32 Å². The van der Waals surface area contributed by atoms with Crippen LogP contribution in [0.4, 0.5) is 0 Å². The van der Waals surface area contributed by atoms with E-state index in [-0.39, 0.29) is 6.10 Å². The van der Waals surface area contributed by atoms with Crippen LogP contribution in [-0.2, 0) is 4.74 Å². The van der Waals surface area contributed by atoms with Crippen molar-refractivity contribution in [3.63, 3.8) is 0 Å². The first kappa shape index (κ1) is 14.5. The van der Waals surface area contributed by atoms with Crippen LogP contribution in [0.15, 0.2) is 30.3 Å². The average molecular weight is 261 g/mol. The molecule has 0 heterocycles. The van der Waals surface area contributed by atoms with Crippen LogP contribution < -0.4 is 5.32 Å². The highest BCUT2D eigenvalue weighted by atomic mass is 16.5. The van der Waals surface area contributed by atoms with E-state index in [1.54, 1.807) is 0 Å². The van der Waals surface area contributed by atoms with Gasteiger partial charge in [0.05, 0.1) is 12.2 Å². The van der Waals surface area contributed by atoms with Crippen LogP contribution in [0.5, 0.6) is 0 Å². The number of hydrogen-bond acceptors (Lipinski definition) is 2. The van der Waals surface area contributed by atoms with E-state index >= 15 is 0 Å². The summed E-state index contributed by atoms with van der Waals surface area (Å²) in [5.41, 5.74) is 1.59. The Morgan fingerprint density at radius 2 is 1.89 bits per heavy atom. The maximum Gasteiger partial charge on any atom is 0.0800 e. The van der Waals surface area contributed by atoms with Crippen molar-refractivity contribution < 1.29 is 4.74 Å². The second-order valence-electron chi connectivity index (χ2n) is 5.69. The molecule has 3 atom stereocenters. The summed E-state index contributed by atoms with van der Waals surface area (Å²) in [6.07, 6.45) is 4.06. The van der Waals surface area contributed by atoms with Gasteiger partial charge in [0.2, 0.25) is 0 Å². The van der Waals surface area contributed by atoms with Crippen molar-refractivity contribution in [3.8, 4) is 0 Å². The Kier molecular flexibility index (Phi) is 4.64. The summed E-state index contributed by atoms with van der Waals surface area (Å²) in [6, 6.07) is 11.1. The highest BCUT2D eigenvalue weighted by molar-refractivity contribution is 5.17. The molecule has 0 radical (unpaired) electrons. The van der Waals surface area contributed by atoms with Gasteiger partial charge in [-0.1, -0.05) is 44.2 Å². The molecule has 2 heteroatoms. The molecule has 1 aromatic rings. The average Bonchev–Trinajstić information content (AvgIpc) is 2.45. The first-order valence-electron chi connectivity index (χ1n) is 7.55. The van der Waals surface area contributed by atoms with Gasteiger partial charge in [-0.05, 0) is 38.8 Å². The lowest BCUT2D eigenvalue weighted by molar-refractivity contribution is -0.163. The molecule has 0 saturated heterocycles. The zero-order valence-corrected chi connectivity index (χ0v) is 12.6. The van der Waals surface area contributed by atoms with Gasteiger partial charge < -0.3 is 10.1 Å². The lowest BCUT2D eigenvalue weighted by Gasteiger charge is -2.56. The van der Waals surface area contributed by atoms with Crippen LogP contribution in [0.2, 0.25) is 0 Å². The molecule has 2 rings (SSSR count). The fourth-order valence-corrected chi connectivity index (χ4v) is 3.59. The summed E-state index contributed by atoms with van der Waals surface area (Å²) in [5, 5.41) is 3.46. The van der Waals surface area contributed by atoms with Gasteiger partial charge in [0.25, 0.3) is 0 Å². The third-order valence-electron chi connectivity index (χ3n) is 5.09. The summed E-state index contributed by atoms with van der Waals surface area (Å²) in [4.78, 5) is 0. The molecule has 106 valence electrons. The fourth-order valence-electron chi connectivity index (χ4n) is 3.59. The summed E-state index contributed by atoms with van der Waals surface area (Å²) >= 11 is 0. The molecule has 1 aliphatic rings. The second-order valence-corrected chi connectivity index (χ2v) is 5.69. The van der Waals surface area contributed by atoms with Gasteiger partial charge in [-0.2, -0.15) is 0 Å². The van der Waals surface area contributed by atoms with E-state index in [2.05, 4.69) is 63.5 Å². The zero-order chi connectivity index (χ0) is 13.9. The summed E-state index contributed by atoms with van der Waals surface area (Å²) in [6.45, 7) is 6.74. The highest BCUT2D eigenvalue weighted by Gasteiger charge is 2.53. The van der Waals surface area contributed by atoms with E-state index in [4.69, 9.17) is 4.74 Å². The van der Waals surface area contributed by atoms with Crippen molar-refractivity contribution in [1.29, 1.82) is 0 Å². The third kappa shape index (κ3) is 2.56. The summed E-state index contributed by atoms with van der Waals surface area (Å²) < 4.78 is 6.36. The van der Waals surface area contributed by atoms with E-state index in [1.807, 2.05) is 0 Å². The molecule has 0 aromatic heterocycles. The Morgan fingerprint density at radius 3 is 2.42 bits per heavy atom. The van der Waals surface area contributed by atoms with Crippen LogP contribution in [0, 0.1) is 5.41 Å². The molecule has 1 fully saturated rings. The molecule has 0 aliphatic heterocycles. The van der Waals surface area contributed by atoms with Crippen molar-refractivity contribution in [3.05, 3.63) is 35.9 Å². The van der Waals surface area contributed by atoms with E-state index in [0.29, 0.717) is 17.6 Å². The largest absolute Gasteiger partial charge is 0.370 e. The standard InChI is InChI=1S/C17H27NO/c1-5-17(6-2)15(18-4)12-16(17)19-13(3)14-10-8-7-9-11-14/h7-11,13,15-16,18H,5-6,12H2,1-4H3. The molecule has 0 amide bonds. The SMILES string of the molecule is CCC1(CC)C(NC)CC1OC(C)c1ccccc1. The predicted octanol–water partition coefficient (Wildman–Crippen LogP) is 3.93. The molecule has 3 unspecified atom stereocenters. The quantitative estimate of drug-likeness (QED) is 0.837. The number of nitrogens with one attached hydrogen (secondary N) is 1. The Morgan fingerprint density at radius 1 is 1.26 bits per heavy atom. The van der Waals surface area contributed by atoms with Gasteiger partial charge in [0.15, 0.2) is 0 Å². The molecule has 1 saturated carbocycles. The molecule has 1 aliphatic carbocycles. The Balaban J connectivity index is 2.04. The Bertz CT molecular complexity index is 386. The molecular weight excluding hydrogens is 234 g/mol. The Labute approximate surface area is 117 Å². The van der Waals surface area contributed by atoms with Crippen molar-refractivity contribution in [2.75, 3.05) is 7.05 Å². The molecule has 0 bridgehead atoms. The first-order chi connectivity index (χ1) is 9.17. The monoisotopic (exact) mass is 261 g/mol.